The molecule has 0 unspecified atom stereocenters. The number of nitrogens with one attached hydrogen (secondary N) is 1. The number of aliphatic hydroxyl groups is 1. The summed E-state index contributed by atoms with van der Waals surface area (Å²) in [7, 11) is 0. The predicted octanol–water partition coefficient (Wildman–Crippen LogP) is 1.58. The van der Waals surface area contributed by atoms with Gasteiger partial charge in [0.1, 0.15) is 17.5 Å². The number of anilines is 2. The highest BCUT2D eigenvalue weighted by Gasteiger charge is 2.17. The molecule has 5 heteroatoms. The van der Waals surface area contributed by atoms with E-state index in [9.17, 15) is 0 Å². The molecule has 1 heterocycles. The van der Waals surface area contributed by atoms with Crippen LogP contribution in [-0.4, -0.2) is 27.2 Å². The van der Waals surface area contributed by atoms with Crippen molar-refractivity contribution in [3.05, 3.63) is 11.9 Å². The van der Waals surface area contributed by atoms with Gasteiger partial charge in [-0.2, -0.15) is 0 Å². The Morgan fingerprint density at radius 2 is 2.12 bits per heavy atom. The molecule has 0 saturated heterocycles. The molecule has 0 radical (unpaired) electrons. The van der Waals surface area contributed by atoms with Gasteiger partial charge in [0.05, 0.1) is 0 Å². The van der Waals surface area contributed by atoms with Gasteiger partial charge in [-0.3, -0.25) is 0 Å². The van der Waals surface area contributed by atoms with Crippen LogP contribution in [0.5, 0.6) is 0 Å². The number of aromatic nitrogens is 2. The normalized spacial score (nSPS) is 11.5. The van der Waals surface area contributed by atoms with E-state index in [0.29, 0.717) is 12.2 Å². The van der Waals surface area contributed by atoms with Gasteiger partial charge in [0, 0.05) is 24.6 Å². The van der Waals surface area contributed by atoms with Gasteiger partial charge in [-0.15, -0.1) is 0 Å². The third-order valence-electron chi connectivity index (χ3n) is 2.47. The Bertz CT molecular complexity index is 366. The first-order valence-corrected chi connectivity index (χ1v) is 5.99. The zero-order valence-electron chi connectivity index (χ0n) is 10.8. The minimum absolute atomic E-state index is 0.141. The first-order chi connectivity index (χ1) is 7.96. The quantitative estimate of drug-likeness (QED) is 0.701. The molecule has 0 aliphatic heterocycles. The van der Waals surface area contributed by atoms with Crippen molar-refractivity contribution >= 4 is 11.6 Å². The van der Waals surface area contributed by atoms with Gasteiger partial charge in [-0.1, -0.05) is 6.92 Å². The summed E-state index contributed by atoms with van der Waals surface area (Å²) in [6.45, 7) is 6.25. The molecular formula is C12H22N4O. The number of hydrogen-bond donors (Lipinski definition) is 3. The Morgan fingerprint density at radius 1 is 1.41 bits per heavy atom. The van der Waals surface area contributed by atoms with E-state index in [0.717, 1.165) is 24.5 Å². The Morgan fingerprint density at radius 3 is 2.71 bits per heavy atom. The van der Waals surface area contributed by atoms with Crippen LogP contribution in [0.2, 0.25) is 0 Å². The van der Waals surface area contributed by atoms with E-state index in [-0.39, 0.29) is 12.1 Å². The molecule has 0 aromatic carbocycles. The molecule has 1 rings (SSSR count). The number of nitrogens with zero attached hydrogens (tertiary/aromatic N) is 2. The van der Waals surface area contributed by atoms with Crippen molar-refractivity contribution in [1.29, 1.82) is 0 Å². The summed E-state index contributed by atoms with van der Waals surface area (Å²) >= 11 is 0. The highest BCUT2D eigenvalue weighted by Crippen LogP contribution is 2.18. The second kappa shape index (κ2) is 5.82. The lowest BCUT2D eigenvalue weighted by Crippen LogP contribution is -2.32. The number of rotatable bonds is 6. The van der Waals surface area contributed by atoms with E-state index in [4.69, 9.17) is 10.8 Å². The van der Waals surface area contributed by atoms with Gasteiger partial charge in [-0.05, 0) is 26.7 Å². The number of nitrogens with two attached hydrogens (primary N) is 1. The first-order valence-electron chi connectivity index (χ1n) is 5.99. The minimum atomic E-state index is -0.209. The maximum atomic E-state index is 8.98. The van der Waals surface area contributed by atoms with Crippen LogP contribution >= 0.6 is 0 Å². The van der Waals surface area contributed by atoms with Crippen LogP contribution in [0, 0.1) is 0 Å². The van der Waals surface area contributed by atoms with Crippen LogP contribution in [0.3, 0.4) is 0 Å². The fourth-order valence-electron chi connectivity index (χ4n) is 1.61. The number of nitrogen functional groups attached to an aromatic ring is 1. The van der Waals surface area contributed by atoms with E-state index >= 15 is 0 Å². The number of aryl methyl sites for hydroxylation is 1. The summed E-state index contributed by atoms with van der Waals surface area (Å²) in [5.41, 5.74) is 5.53. The molecule has 0 atom stereocenters. The molecule has 0 bridgehead atoms. The molecule has 5 nitrogen and oxygen atoms in total. The van der Waals surface area contributed by atoms with E-state index in [1.165, 1.54) is 0 Å². The van der Waals surface area contributed by atoms with Gasteiger partial charge in [0.15, 0.2) is 0 Å². The lowest BCUT2D eigenvalue weighted by molar-refractivity contribution is 0.260. The monoisotopic (exact) mass is 238 g/mol. The highest BCUT2D eigenvalue weighted by atomic mass is 16.3. The fourth-order valence-corrected chi connectivity index (χ4v) is 1.61. The van der Waals surface area contributed by atoms with Crippen molar-refractivity contribution in [2.75, 3.05) is 17.7 Å². The van der Waals surface area contributed by atoms with Crippen molar-refractivity contribution in [1.82, 2.24) is 9.97 Å². The third-order valence-corrected chi connectivity index (χ3v) is 2.47. The van der Waals surface area contributed by atoms with Crippen molar-refractivity contribution in [3.8, 4) is 0 Å². The standard InChI is InChI=1S/C12H22N4O/c1-4-5-10-14-9(13)8-11(15-10)16-12(2,3)6-7-17/h8,17H,4-7H2,1-3H3,(H3,13,14,15,16). The average molecular weight is 238 g/mol. The van der Waals surface area contributed by atoms with Crippen LogP contribution in [-0.2, 0) is 6.42 Å². The van der Waals surface area contributed by atoms with Gasteiger partial charge in [-0.25, -0.2) is 9.97 Å². The molecule has 0 aliphatic carbocycles. The van der Waals surface area contributed by atoms with E-state index in [2.05, 4.69) is 22.2 Å². The molecule has 1 aromatic heterocycles. The first kappa shape index (κ1) is 13.7. The summed E-state index contributed by atoms with van der Waals surface area (Å²) in [5.74, 6) is 1.96. The Labute approximate surface area is 102 Å². The van der Waals surface area contributed by atoms with Crippen molar-refractivity contribution < 1.29 is 5.11 Å². The topological polar surface area (TPSA) is 84.1 Å². The average Bonchev–Trinajstić information content (AvgIpc) is 2.15. The largest absolute Gasteiger partial charge is 0.396 e. The zero-order valence-corrected chi connectivity index (χ0v) is 10.8. The van der Waals surface area contributed by atoms with Crippen LogP contribution in [0.1, 0.15) is 39.4 Å². The van der Waals surface area contributed by atoms with Crippen molar-refractivity contribution in [2.45, 2.75) is 45.6 Å². The summed E-state index contributed by atoms with van der Waals surface area (Å²) in [5, 5.41) is 12.2. The Balaban J connectivity index is 2.83. The van der Waals surface area contributed by atoms with Gasteiger partial charge in [0.25, 0.3) is 0 Å². The van der Waals surface area contributed by atoms with E-state index in [1.54, 1.807) is 6.07 Å². The molecule has 0 amide bonds. The Hall–Kier alpha value is -1.36. The van der Waals surface area contributed by atoms with Crippen LogP contribution < -0.4 is 11.1 Å². The van der Waals surface area contributed by atoms with Crippen LogP contribution in [0.25, 0.3) is 0 Å². The maximum absolute atomic E-state index is 8.98. The maximum Gasteiger partial charge on any atom is 0.133 e. The van der Waals surface area contributed by atoms with E-state index < -0.39 is 0 Å². The van der Waals surface area contributed by atoms with E-state index in [1.807, 2.05) is 13.8 Å². The highest BCUT2D eigenvalue weighted by molar-refractivity contribution is 5.46. The van der Waals surface area contributed by atoms with Gasteiger partial charge >= 0.3 is 0 Å². The molecule has 0 spiro atoms. The Kier molecular flexibility index (Phi) is 4.69. The van der Waals surface area contributed by atoms with Crippen molar-refractivity contribution in [3.63, 3.8) is 0 Å². The summed E-state index contributed by atoms with van der Waals surface area (Å²) in [4.78, 5) is 8.58. The molecule has 0 fully saturated rings. The molecule has 96 valence electrons. The second-order valence-corrected chi connectivity index (χ2v) is 4.83. The van der Waals surface area contributed by atoms with Crippen LogP contribution in [0.15, 0.2) is 6.07 Å². The lowest BCUT2D eigenvalue weighted by Gasteiger charge is -2.26. The molecule has 4 N–H and O–H groups in total. The smallest absolute Gasteiger partial charge is 0.133 e. The predicted molar refractivity (Wildman–Crippen MR) is 69.8 cm³/mol. The SMILES string of the molecule is CCCc1nc(N)cc(NC(C)(C)CCO)n1. The second-order valence-electron chi connectivity index (χ2n) is 4.83. The summed E-state index contributed by atoms with van der Waals surface area (Å²) < 4.78 is 0. The molecule has 0 saturated carbocycles. The zero-order chi connectivity index (χ0) is 12.9. The fraction of sp³-hybridized carbons (Fsp3) is 0.667. The van der Waals surface area contributed by atoms with Crippen molar-refractivity contribution in [2.24, 2.45) is 0 Å². The number of hydrogen-bond acceptors (Lipinski definition) is 5. The molecule has 17 heavy (non-hydrogen) atoms. The molecule has 1 aromatic rings. The minimum Gasteiger partial charge on any atom is -0.396 e. The summed E-state index contributed by atoms with van der Waals surface area (Å²) in [6, 6.07) is 1.72. The molecular weight excluding hydrogens is 216 g/mol. The number of aliphatic hydroxyl groups excluding tert-OH is 1. The summed E-state index contributed by atoms with van der Waals surface area (Å²) in [6.07, 6.45) is 2.46. The van der Waals surface area contributed by atoms with Gasteiger partial charge in [0.2, 0.25) is 0 Å². The van der Waals surface area contributed by atoms with Gasteiger partial charge < -0.3 is 16.2 Å². The lowest BCUT2D eigenvalue weighted by atomic mass is 10.0. The third kappa shape index (κ3) is 4.56. The molecule has 0 aliphatic rings. The van der Waals surface area contributed by atoms with Crippen LogP contribution in [0.4, 0.5) is 11.6 Å².